The van der Waals surface area contributed by atoms with Crippen molar-refractivity contribution < 1.29 is 28.3 Å². The molecule has 286 valence electrons. The molecule has 0 aliphatic heterocycles. The van der Waals surface area contributed by atoms with Crippen molar-refractivity contribution in [1.82, 2.24) is 14.5 Å². The fraction of sp³-hybridized carbons (Fsp3) is 0.800. The van der Waals surface area contributed by atoms with Gasteiger partial charge in [0.25, 0.3) is 0 Å². The molecule has 1 unspecified atom stereocenters. The number of esters is 1. The van der Waals surface area contributed by atoms with Gasteiger partial charge in [0.05, 0.1) is 38.4 Å². The first-order valence-electron chi connectivity index (χ1n) is 19.8. The Morgan fingerprint density at radius 2 is 1.46 bits per heavy atom. The van der Waals surface area contributed by atoms with Gasteiger partial charge in [0.15, 0.2) is 0 Å². The van der Waals surface area contributed by atoms with Crippen molar-refractivity contribution in [1.29, 1.82) is 0 Å². The fourth-order valence-corrected chi connectivity index (χ4v) is 6.55. The molecule has 50 heavy (non-hydrogen) atoms. The summed E-state index contributed by atoms with van der Waals surface area (Å²) in [5, 5.41) is 0. The van der Waals surface area contributed by atoms with Crippen molar-refractivity contribution in [3.05, 3.63) is 37.2 Å². The van der Waals surface area contributed by atoms with Crippen molar-refractivity contribution in [3.63, 3.8) is 0 Å². The zero-order chi connectivity index (χ0) is 36.0. The number of unbranched alkanes of at least 4 members (excludes halogenated alkanes) is 15. The smallest absolute Gasteiger partial charge is 0.316 e. The molecule has 0 aromatic carbocycles. The van der Waals surface area contributed by atoms with Crippen LogP contribution in [0.2, 0.25) is 0 Å². The second-order valence-electron chi connectivity index (χ2n) is 14.1. The average molecular weight is 720 g/mol. The van der Waals surface area contributed by atoms with Crippen LogP contribution in [-0.4, -0.2) is 71.1 Å². The molecule has 2 rings (SSSR count). The number of imidazole rings is 1. The highest BCUT2D eigenvalue weighted by Gasteiger charge is 2.29. The summed E-state index contributed by atoms with van der Waals surface area (Å²) in [4.78, 5) is 20.6. The van der Waals surface area contributed by atoms with Gasteiger partial charge in [-0.15, -0.1) is 0 Å². The number of thioether (sulfide) groups is 1. The standard InChI is InChI=1S/C40H71N4O5S/c1-5-7-8-9-10-11-12-13-14-15-16-17-18-19-20-21-30-47-34-37(49-39-41-24-22-25-42-39)35-50-33-32-46-31-29-44-28-27-43(36-44)26-23-40(3,4)38(45)48-6-2/h22,24-25,27-28,36-37H,5-21,23,26,29-35H2,1-4H3/q+1. The van der Waals surface area contributed by atoms with Gasteiger partial charge < -0.3 is 18.9 Å². The van der Waals surface area contributed by atoms with Gasteiger partial charge in [0.2, 0.25) is 6.33 Å². The van der Waals surface area contributed by atoms with E-state index in [4.69, 9.17) is 18.9 Å². The number of hydrogen-bond donors (Lipinski definition) is 0. The van der Waals surface area contributed by atoms with Crippen LogP contribution in [0.25, 0.3) is 0 Å². The predicted octanol–water partition coefficient (Wildman–Crippen LogP) is 9.02. The van der Waals surface area contributed by atoms with Crippen LogP contribution in [0.5, 0.6) is 6.01 Å². The number of hydrogen-bond acceptors (Lipinski definition) is 8. The third kappa shape index (κ3) is 22.6. The summed E-state index contributed by atoms with van der Waals surface area (Å²) in [5.41, 5.74) is -0.498. The highest BCUT2D eigenvalue weighted by atomic mass is 32.2. The topological polar surface area (TPSA) is 88.6 Å². The van der Waals surface area contributed by atoms with Crippen molar-refractivity contribution in [2.45, 2.75) is 156 Å². The minimum Gasteiger partial charge on any atom is -0.466 e. The Bertz CT molecular complexity index is 1070. The molecular formula is C40H71N4O5S+. The van der Waals surface area contributed by atoms with Gasteiger partial charge in [0.1, 0.15) is 25.0 Å². The maximum atomic E-state index is 12.2. The average Bonchev–Trinajstić information content (AvgIpc) is 3.58. The summed E-state index contributed by atoms with van der Waals surface area (Å²) >= 11 is 1.80. The van der Waals surface area contributed by atoms with E-state index in [1.54, 1.807) is 30.2 Å². The van der Waals surface area contributed by atoms with Gasteiger partial charge in [-0.2, -0.15) is 11.8 Å². The van der Waals surface area contributed by atoms with E-state index < -0.39 is 5.41 Å². The lowest BCUT2D eigenvalue weighted by atomic mass is 9.89. The van der Waals surface area contributed by atoms with E-state index in [0.717, 1.165) is 44.0 Å². The molecule has 2 heterocycles. The third-order valence-corrected chi connectivity index (χ3v) is 10.1. The van der Waals surface area contributed by atoms with Crippen LogP contribution in [-0.2, 0) is 32.1 Å². The lowest BCUT2D eigenvalue weighted by Crippen LogP contribution is -2.37. The minimum atomic E-state index is -0.498. The molecule has 0 fully saturated rings. The molecule has 0 bridgehead atoms. The van der Waals surface area contributed by atoms with Gasteiger partial charge in [-0.3, -0.25) is 4.79 Å². The van der Waals surface area contributed by atoms with E-state index in [2.05, 4.69) is 32.4 Å². The van der Waals surface area contributed by atoms with Crippen LogP contribution < -0.4 is 9.30 Å². The first kappa shape index (κ1) is 44.0. The molecule has 2 aromatic rings. The van der Waals surface area contributed by atoms with Crippen LogP contribution in [0, 0.1) is 5.41 Å². The number of aryl methyl sites for hydroxylation is 1. The summed E-state index contributed by atoms with van der Waals surface area (Å²) in [6.07, 6.45) is 32.1. The minimum absolute atomic E-state index is 0.104. The molecule has 0 aliphatic carbocycles. The molecule has 0 amide bonds. The number of aromatic nitrogens is 4. The third-order valence-electron chi connectivity index (χ3n) is 9.00. The van der Waals surface area contributed by atoms with Gasteiger partial charge in [-0.25, -0.2) is 19.1 Å². The van der Waals surface area contributed by atoms with Crippen LogP contribution in [0.4, 0.5) is 0 Å². The Morgan fingerprint density at radius 3 is 2.08 bits per heavy atom. The Balaban J connectivity index is 1.49. The van der Waals surface area contributed by atoms with E-state index >= 15 is 0 Å². The Morgan fingerprint density at radius 1 is 0.840 bits per heavy atom. The highest BCUT2D eigenvalue weighted by molar-refractivity contribution is 7.99. The van der Waals surface area contributed by atoms with Gasteiger partial charge in [-0.05, 0) is 33.3 Å². The maximum absolute atomic E-state index is 12.2. The second-order valence-corrected chi connectivity index (χ2v) is 15.2. The Hall–Kier alpha value is -2.17. The lowest BCUT2D eigenvalue weighted by Gasteiger charge is -2.20. The molecule has 0 radical (unpaired) electrons. The van der Waals surface area contributed by atoms with Crippen LogP contribution in [0.3, 0.4) is 0 Å². The molecule has 0 saturated heterocycles. The van der Waals surface area contributed by atoms with Crippen molar-refractivity contribution in [2.75, 3.05) is 44.5 Å². The van der Waals surface area contributed by atoms with Gasteiger partial charge >= 0.3 is 12.0 Å². The normalized spacial score (nSPS) is 12.3. The molecule has 10 heteroatoms. The largest absolute Gasteiger partial charge is 0.466 e. The number of nitrogens with zero attached hydrogens (tertiary/aromatic N) is 4. The van der Waals surface area contributed by atoms with E-state index in [9.17, 15) is 4.79 Å². The lowest BCUT2D eigenvalue weighted by molar-refractivity contribution is -0.698. The molecule has 0 N–H and O–H groups in total. The predicted molar refractivity (Wildman–Crippen MR) is 205 cm³/mol. The second kappa shape index (κ2) is 29.4. The van der Waals surface area contributed by atoms with Crippen molar-refractivity contribution >= 4 is 17.7 Å². The number of ether oxygens (including phenoxy) is 4. The molecular weight excluding hydrogens is 649 g/mol. The molecule has 2 aromatic heterocycles. The van der Waals surface area contributed by atoms with E-state index in [1.165, 1.54) is 96.3 Å². The Labute approximate surface area is 309 Å². The maximum Gasteiger partial charge on any atom is 0.316 e. The summed E-state index contributed by atoms with van der Waals surface area (Å²) in [6, 6.07) is 2.19. The zero-order valence-corrected chi connectivity index (χ0v) is 33.0. The van der Waals surface area contributed by atoms with Crippen molar-refractivity contribution in [3.8, 4) is 6.01 Å². The summed E-state index contributed by atoms with van der Waals surface area (Å²) in [6.45, 7) is 12.6. The molecule has 0 aliphatic rings. The molecule has 9 nitrogen and oxygen atoms in total. The van der Waals surface area contributed by atoms with E-state index in [-0.39, 0.29) is 12.1 Å². The fourth-order valence-electron chi connectivity index (χ4n) is 5.72. The summed E-state index contributed by atoms with van der Waals surface area (Å²) < 4.78 is 27.4. The summed E-state index contributed by atoms with van der Waals surface area (Å²) in [5.74, 6) is 1.53. The van der Waals surface area contributed by atoms with Gasteiger partial charge in [-0.1, -0.05) is 103 Å². The van der Waals surface area contributed by atoms with Crippen LogP contribution >= 0.6 is 11.8 Å². The quantitative estimate of drug-likeness (QED) is 0.0402. The number of carbonyl (C=O) groups excluding carboxylic acids is 1. The first-order valence-corrected chi connectivity index (χ1v) is 21.0. The summed E-state index contributed by atoms with van der Waals surface area (Å²) in [7, 11) is 0. The number of rotatable bonds is 34. The van der Waals surface area contributed by atoms with Gasteiger partial charge in [0, 0.05) is 36.9 Å². The molecule has 1 atom stereocenters. The zero-order valence-electron chi connectivity index (χ0n) is 32.2. The number of carbonyl (C=O) groups is 1. The SMILES string of the molecule is CCCCCCCCCCCCCCCCCCOCC(CSCCOCCn1cc[n+](CCC(C)(C)C(=O)OCC)c1)Oc1ncccn1. The Kier molecular flexibility index (Phi) is 25.9. The highest BCUT2D eigenvalue weighted by Crippen LogP contribution is 2.22. The molecule has 0 spiro atoms. The molecule has 0 saturated carbocycles. The van der Waals surface area contributed by atoms with E-state index in [0.29, 0.717) is 32.4 Å². The first-order chi connectivity index (χ1) is 24.4. The van der Waals surface area contributed by atoms with E-state index in [1.807, 2.05) is 33.2 Å². The van der Waals surface area contributed by atoms with Crippen LogP contribution in [0.1, 0.15) is 137 Å². The van der Waals surface area contributed by atoms with Crippen LogP contribution in [0.15, 0.2) is 37.2 Å². The monoisotopic (exact) mass is 720 g/mol. The van der Waals surface area contributed by atoms with Crippen molar-refractivity contribution in [2.24, 2.45) is 5.41 Å².